The van der Waals surface area contributed by atoms with Crippen LogP contribution in [0.3, 0.4) is 0 Å². The van der Waals surface area contributed by atoms with Crippen molar-refractivity contribution in [3.63, 3.8) is 0 Å². The lowest BCUT2D eigenvalue weighted by Gasteiger charge is -2.15. The molecule has 1 atom stereocenters. The summed E-state index contributed by atoms with van der Waals surface area (Å²) in [5.74, 6) is 1.77. The van der Waals surface area contributed by atoms with E-state index in [1.165, 1.54) is 5.56 Å². The molecule has 0 fully saturated rings. The lowest BCUT2D eigenvalue weighted by Crippen LogP contribution is -1.99. The molecule has 0 spiro atoms. The molecule has 2 rings (SSSR count). The van der Waals surface area contributed by atoms with Crippen LogP contribution in [0, 0.1) is 0 Å². The number of hydrogen-bond donors (Lipinski definition) is 0. The molecule has 106 valence electrons. The van der Waals surface area contributed by atoms with E-state index in [1.54, 1.807) is 14.2 Å². The fraction of sp³-hybridized carbons (Fsp3) is 0.294. The van der Waals surface area contributed by atoms with Gasteiger partial charge in [0.05, 0.1) is 14.2 Å². The van der Waals surface area contributed by atoms with Crippen LogP contribution in [0.4, 0.5) is 0 Å². The van der Waals surface area contributed by atoms with Crippen LogP contribution in [0.25, 0.3) is 0 Å². The molecule has 1 unspecified atom stereocenters. The normalized spacial score (nSPS) is 11.9. The summed E-state index contributed by atoms with van der Waals surface area (Å²) in [7, 11) is 3.39. The topological polar surface area (TPSA) is 18.5 Å². The Morgan fingerprint density at radius 3 is 2.05 bits per heavy atom. The van der Waals surface area contributed by atoms with Gasteiger partial charge in [-0.15, -0.1) is 0 Å². The molecule has 2 aromatic carbocycles. The minimum absolute atomic E-state index is 0.332. The third kappa shape index (κ3) is 3.54. The molecular formula is C17H19BrO2. The summed E-state index contributed by atoms with van der Waals surface area (Å²) in [4.78, 5) is 0.332. The highest BCUT2D eigenvalue weighted by atomic mass is 79.9. The molecule has 0 bridgehead atoms. The zero-order valence-corrected chi connectivity index (χ0v) is 13.4. The van der Waals surface area contributed by atoms with E-state index in [0.29, 0.717) is 4.83 Å². The van der Waals surface area contributed by atoms with Crippen molar-refractivity contribution in [1.82, 2.24) is 0 Å². The monoisotopic (exact) mass is 334 g/mol. The van der Waals surface area contributed by atoms with Crippen LogP contribution in [-0.4, -0.2) is 14.2 Å². The molecular weight excluding hydrogens is 316 g/mol. The average Bonchev–Trinajstić information content (AvgIpc) is 2.52. The van der Waals surface area contributed by atoms with Crippen LogP contribution in [0.5, 0.6) is 11.5 Å². The Morgan fingerprint density at radius 1 is 0.900 bits per heavy atom. The third-order valence-electron chi connectivity index (χ3n) is 3.34. The summed E-state index contributed by atoms with van der Waals surface area (Å²) in [5.41, 5.74) is 2.42. The average molecular weight is 335 g/mol. The van der Waals surface area contributed by atoms with Crippen LogP contribution in [0.2, 0.25) is 0 Å². The van der Waals surface area contributed by atoms with E-state index in [9.17, 15) is 0 Å². The first kappa shape index (κ1) is 14.9. The molecule has 3 heteroatoms. The maximum atomic E-state index is 5.43. The first-order valence-electron chi connectivity index (χ1n) is 6.65. The van der Waals surface area contributed by atoms with Gasteiger partial charge in [0.1, 0.15) is 11.5 Å². The second kappa shape index (κ2) is 7.34. The smallest absolute Gasteiger partial charge is 0.125 e. The van der Waals surface area contributed by atoms with Crippen molar-refractivity contribution >= 4 is 15.9 Å². The lowest BCUT2D eigenvalue weighted by atomic mass is 10.0. The van der Waals surface area contributed by atoms with E-state index in [-0.39, 0.29) is 0 Å². The standard InChI is InChI=1S/C17H19BrO2/c1-19-16-9-6-10-17(20-2)14(16)11-12-15(18)13-7-4-3-5-8-13/h3-10,15H,11-12H2,1-2H3. The van der Waals surface area contributed by atoms with E-state index in [4.69, 9.17) is 9.47 Å². The highest BCUT2D eigenvalue weighted by molar-refractivity contribution is 9.09. The van der Waals surface area contributed by atoms with E-state index < -0.39 is 0 Å². The minimum Gasteiger partial charge on any atom is -0.496 e. The quantitative estimate of drug-likeness (QED) is 0.708. The molecule has 0 radical (unpaired) electrons. The number of hydrogen-bond acceptors (Lipinski definition) is 2. The first-order valence-corrected chi connectivity index (χ1v) is 7.56. The number of benzene rings is 2. The Morgan fingerprint density at radius 2 is 1.50 bits per heavy atom. The van der Waals surface area contributed by atoms with Gasteiger partial charge in [-0.3, -0.25) is 0 Å². The van der Waals surface area contributed by atoms with Gasteiger partial charge in [0, 0.05) is 10.4 Å². The summed E-state index contributed by atoms with van der Waals surface area (Å²) in [6.07, 6.45) is 1.89. The maximum absolute atomic E-state index is 5.43. The van der Waals surface area contributed by atoms with Crippen LogP contribution in [-0.2, 0) is 6.42 Å². The van der Waals surface area contributed by atoms with Crippen molar-refractivity contribution in [2.75, 3.05) is 14.2 Å². The molecule has 0 amide bonds. The van der Waals surface area contributed by atoms with Gasteiger partial charge >= 0.3 is 0 Å². The van der Waals surface area contributed by atoms with Crippen molar-refractivity contribution < 1.29 is 9.47 Å². The number of methoxy groups -OCH3 is 2. The van der Waals surface area contributed by atoms with Gasteiger partial charge in [-0.05, 0) is 30.5 Å². The Balaban J connectivity index is 2.11. The minimum atomic E-state index is 0.332. The van der Waals surface area contributed by atoms with Gasteiger partial charge in [0.25, 0.3) is 0 Å². The van der Waals surface area contributed by atoms with Crippen molar-refractivity contribution in [3.8, 4) is 11.5 Å². The largest absolute Gasteiger partial charge is 0.496 e. The SMILES string of the molecule is COc1cccc(OC)c1CCC(Br)c1ccccc1. The molecule has 0 aliphatic heterocycles. The molecule has 0 aromatic heterocycles. The Labute approximate surface area is 128 Å². The molecule has 0 saturated carbocycles. The molecule has 0 saturated heterocycles. The van der Waals surface area contributed by atoms with Gasteiger partial charge < -0.3 is 9.47 Å². The second-order valence-electron chi connectivity index (χ2n) is 4.56. The van der Waals surface area contributed by atoms with Crippen LogP contribution in [0.1, 0.15) is 22.4 Å². The number of rotatable bonds is 6. The molecule has 20 heavy (non-hydrogen) atoms. The van der Waals surface area contributed by atoms with E-state index in [0.717, 1.165) is 29.9 Å². The second-order valence-corrected chi connectivity index (χ2v) is 5.66. The molecule has 2 nitrogen and oxygen atoms in total. The number of ether oxygens (including phenoxy) is 2. The Hall–Kier alpha value is -1.48. The van der Waals surface area contributed by atoms with Crippen LogP contribution >= 0.6 is 15.9 Å². The van der Waals surface area contributed by atoms with Gasteiger partial charge in [-0.2, -0.15) is 0 Å². The summed E-state index contributed by atoms with van der Waals surface area (Å²) < 4.78 is 10.9. The highest BCUT2D eigenvalue weighted by Crippen LogP contribution is 2.34. The summed E-state index contributed by atoms with van der Waals surface area (Å²) in [6, 6.07) is 16.3. The molecule has 0 aliphatic carbocycles. The van der Waals surface area contributed by atoms with E-state index >= 15 is 0 Å². The third-order valence-corrected chi connectivity index (χ3v) is 4.33. The Bertz CT molecular complexity index is 518. The van der Waals surface area contributed by atoms with E-state index in [1.807, 2.05) is 24.3 Å². The first-order chi connectivity index (χ1) is 9.76. The maximum Gasteiger partial charge on any atom is 0.125 e. The molecule has 2 aromatic rings. The fourth-order valence-electron chi connectivity index (χ4n) is 2.27. The fourth-order valence-corrected chi connectivity index (χ4v) is 2.81. The van der Waals surface area contributed by atoms with Crippen molar-refractivity contribution in [2.24, 2.45) is 0 Å². The van der Waals surface area contributed by atoms with Crippen LogP contribution < -0.4 is 9.47 Å². The van der Waals surface area contributed by atoms with Gasteiger partial charge in [0.2, 0.25) is 0 Å². The molecule has 0 heterocycles. The van der Waals surface area contributed by atoms with E-state index in [2.05, 4.69) is 40.2 Å². The number of alkyl halides is 1. The summed E-state index contributed by atoms with van der Waals surface area (Å²) in [5, 5.41) is 0. The van der Waals surface area contributed by atoms with Crippen LogP contribution in [0.15, 0.2) is 48.5 Å². The molecule has 0 N–H and O–H groups in total. The zero-order valence-electron chi connectivity index (χ0n) is 11.8. The predicted octanol–water partition coefficient (Wildman–Crippen LogP) is 4.77. The summed E-state index contributed by atoms with van der Waals surface area (Å²) in [6.45, 7) is 0. The summed E-state index contributed by atoms with van der Waals surface area (Å²) >= 11 is 3.75. The molecule has 0 aliphatic rings. The Kier molecular flexibility index (Phi) is 5.48. The lowest BCUT2D eigenvalue weighted by molar-refractivity contribution is 0.384. The predicted molar refractivity (Wildman–Crippen MR) is 86.0 cm³/mol. The van der Waals surface area contributed by atoms with Gasteiger partial charge in [-0.25, -0.2) is 0 Å². The zero-order chi connectivity index (χ0) is 14.4. The van der Waals surface area contributed by atoms with Crippen molar-refractivity contribution in [3.05, 3.63) is 59.7 Å². The van der Waals surface area contributed by atoms with Gasteiger partial charge in [0.15, 0.2) is 0 Å². The van der Waals surface area contributed by atoms with Gasteiger partial charge in [-0.1, -0.05) is 52.3 Å². The highest BCUT2D eigenvalue weighted by Gasteiger charge is 2.13. The van der Waals surface area contributed by atoms with Crippen molar-refractivity contribution in [1.29, 1.82) is 0 Å². The number of halogens is 1. The van der Waals surface area contributed by atoms with Crippen molar-refractivity contribution in [2.45, 2.75) is 17.7 Å².